The maximum absolute atomic E-state index is 6.48. The highest BCUT2D eigenvalue weighted by Gasteiger charge is 2.29. The smallest absolute Gasteiger partial charge is 0.236 e. The first-order valence-corrected chi connectivity index (χ1v) is 15.4. The number of para-hydroxylation sites is 1. The lowest BCUT2D eigenvalue weighted by Gasteiger charge is -2.32. The largest absolute Gasteiger partial charge is 0.452 e. The van der Waals surface area contributed by atoms with Crippen LogP contribution in [0.15, 0.2) is 150 Å². The van der Waals surface area contributed by atoms with E-state index in [1.54, 1.807) is 0 Å². The number of nitrogens with zero attached hydrogens (tertiary/aromatic N) is 4. The fourth-order valence-corrected chi connectivity index (χ4v) is 6.91. The van der Waals surface area contributed by atoms with Gasteiger partial charge in [0.05, 0.1) is 17.1 Å². The minimum absolute atomic E-state index is 0.599. The van der Waals surface area contributed by atoms with Crippen LogP contribution in [0.2, 0.25) is 0 Å². The lowest BCUT2D eigenvalue weighted by molar-refractivity contribution is 0.667. The van der Waals surface area contributed by atoms with E-state index in [4.69, 9.17) is 14.4 Å². The van der Waals surface area contributed by atoms with Crippen LogP contribution in [0.1, 0.15) is 0 Å². The van der Waals surface area contributed by atoms with E-state index >= 15 is 0 Å². The predicted octanol–water partition coefficient (Wildman–Crippen LogP) is 10.9. The zero-order valence-electron chi connectivity index (χ0n) is 24.6. The van der Waals surface area contributed by atoms with Crippen LogP contribution < -0.4 is 4.90 Å². The summed E-state index contributed by atoms with van der Waals surface area (Å²) in [5.74, 6) is 0.599. The second-order valence-electron chi connectivity index (χ2n) is 11.7. The van der Waals surface area contributed by atoms with Crippen LogP contribution in [0.25, 0.3) is 77.3 Å². The first-order valence-electron chi connectivity index (χ1n) is 15.4. The second-order valence-corrected chi connectivity index (χ2v) is 11.7. The van der Waals surface area contributed by atoms with Gasteiger partial charge in [-0.3, -0.25) is 9.88 Å². The molecular weight excluding hydrogens is 564 g/mol. The quantitative estimate of drug-likeness (QED) is 0.205. The highest BCUT2D eigenvalue weighted by atomic mass is 16.3. The summed E-state index contributed by atoms with van der Waals surface area (Å²) in [6, 6.07) is 48.5. The molecule has 5 heteroatoms. The lowest BCUT2D eigenvalue weighted by Crippen LogP contribution is -2.18. The number of aromatic nitrogens is 3. The average molecular weight is 589 g/mol. The van der Waals surface area contributed by atoms with Gasteiger partial charge in [0.25, 0.3) is 0 Å². The summed E-state index contributed by atoms with van der Waals surface area (Å²) < 4.78 is 6.48. The maximum atomic E-state index is 6.48. The fourth-order valence-electron chi connectivity index (χ4n) is 6.91. The van der Waals surface area contributed by atoms with Crippen molar-refractivity contribution in [2.24, 2.45) is 0 Å². The minimum Gasteiger partial charge on any atom is -0.452 e. The first-order chi connectivity index (χ1) is 22.8. The number of pyridine rings is 1. The van der Waals surface area contributed by atoms with Gasteiger partial charge in [-0.25, -0.2) is 9.97 Å². The van der Waals surface area contributed by atoms with E-state index in [-0.39, 0.29) is 0 Å². The van der Waals surface area contributed by atoms with Crippen molar-refractivity contribution in [3.8, 4) is 33.6 Å². The third-order valence-electron chi connectivity index (χ3n) is 9.05. The molecule has 0 unspecified atom stereocenters. The summed E-state index contributed by atoms with van der Waals surface area (Å²) >= 11 is 0. The monoisotopic (exact) mass is 588 g/mol. The zero-order valence-corrected chi connectivity index (χ0v) is 24.6. The van der Waals surface area contributed by atoms with E-state index in [2.05, 4.69) is 113 Å². The summed E-state index contributed by atoms with van der Waals surface area (Å²) in [6.45, 7) is 0. The van der Waals surface area contributed by atoms with Gasteiger partial charge in [-0.05, 0) is 64.2 Å². The molecule has 0 atom stereocenters. The van der Waals surface area contributed by atoms with Crippen molar-refractivity contribution in [1.82, 2.24) is 15.0 Å². The van der Waals surface area contributed by atoms with Crippen LogP contribution >= 0.6 is 0 Å². The van der Waals surface area contributed by atoms with E-state index in [1.807, 2.05) is 42.6 Å². The Bertz CT molecular complexity index is 2640. The van der Waals surface area contributed by atoms with Crippen LogP contribution in [0.3, 0.4) is 0 Å². The molecule has 0 saturated heterocycles. The first kappa shape index (κ1) is 25.0. The van der Waals surface area contributed by atoms with E-state index < -0.39 is 0 Å². The molecule has 9 aromatic rings. The highest BCUT2D eigenvalue weighted by Crippen LogP contribution is 2.51. The lowest BCUT2D eigenvalue weighted by atomic mass is 9.89. The molecule has 214 valence electrons. The number of benzene rings is 6. The number of furan rings is 1. The third kappa shape index (κ3) is 3.66. The van der Waals surface area contributed by atoms with Crippen LogP contribution in [0.5, 0.6) is 0 Å². The summed E-state index contributed by atoms with van der Waals surface area (Å²) in [6.07, 6.45) is 1.82. The molecule has 10 rings (SSSR count). The standard InChI is InChI=1S/C41H24N4O/c1-2-10-29-24-35-32(23-28(29)9-1)30-14-7-11-26-12-8-16-34(37(26)30)45(35)41-43-38(40-39(44-41)31-13-3-4-17-36(31)46-40)27-20-18-25(19-21-27)33-15-5-6-22-42-33/h1-24H. The molecule has 5 nitrogen and oxygen atoms in total. The molecule has 1 aliphatic heterocycles. The Morgan fingerprint density at radius 1 is 0.543 bits per heavy atom. The molecule has 0 fully saturated rings. The van der Waals surface area contributed by atoms with Gasteiger partial charge in [-0.1, -0.05) is 97.1 Å². The van der Waals surface area contributed by atoms with Crippen LogP contribution in [-0.2, 0) is 0 Å². The summed E-state index contributed by atoms with van der Waals surface area (Å²) in [7, 11) is 0. The van der Waals surface area contributed by atoms with Gasteiger partial charge in [0, 0.05) is 33.7 Å². The van der Waals surface area contributed by atoms with Crippen molar-refractivity contribution in [2.75, 3.05) is 4.90 Å². The Balaban J connectivity index is 1.27. The van der Waals surface area contributed by atoms with Crippen molar-refractivity contribution >= 4 is 60.9 Å². The normalized spacial score (nSPS) is 12.3. The van der Waals surface area contributed by atoms with Crippen molar-refractivity contribution in [3.63, 3.8) is 0 Å². The Labute approximate surface area is 264 Å². The molecule has 3 aromatic heterocycles. The molecule has 0 spiro atoms. The average Bonchev–Trinajstić information content (AvgIpc) is 3.50. The van der Waals surface area contributed by atoms with Gasteiger partial charge >= 0.3 is 0 Å². The SMILES string of the molecule is c1ccc(-c2ccc(-c3nc(N4c5cc6ccccc6cc5-c5cccc6cccc4c56)nc4c3oc3ccccc34)cc2)nc1. The zero-order chi connectivity index (χ0) is 30.2. The molecule has 0 bridgehead atoms. The van der Waals surface area contributed by atoms with Crippen molar-refractivity contribution in [3.05, 3.63) is 146 Å². The third-order valence-corrected chi connectivity index (χ3v) is 9.05. The van der Waals surface area contributed by atoms with E-state index in [9.17, 15) is 0 Å². The highest BCUT2D eigenvalue weighted by molar-refractivity contribution is 6.16. The van der Waals surface area contributed by atoms with Gasteiger partial charge in [0.15, 0.2) is 5.58 Å². The number of hydrogen-bond donors (Lipinski definition) is 0. The Kier molecular flexibility index (Phi) is 5.22. The van der Waals surface area contributed by atoms with Crippen molar-refractivity contribution < 1.29 is 4.42 Å². The minimum atomic E-state index is 0.599. The van der Waals surface area contributed by atoms with Gasteiger partial charge in [-0.2, -0.15) is 0 Å². The summed E-state index contributed by atoms with van der Waals surface area (Å²) in [4.78, 5) is 17.4. The van der Waals surface area contributed by atoms with E-state index in [1.165, 1.54) is 21.7 Å². The second kappa shape index (κ2) is 9.58. The van der Waals surface area contributed by atoms with Crippen molar-refractivity contribution in [2.45, 2.75) is 0 Å². The molecule has 4 heterocycles. The van der Waals surface area contributed by atoms with Crippen molar-refractivity contribution in [1.29, 1.82) is 0 Å². The number of fused-ring (bicyclic) bond motifs is 6. The number of anilines is 3. The van der Waals surface area contributed by atoms with Gasteiger partial charge in [0.2, 0.25) is 5.95 Å². The molecule has 0 N–H and O–H groups in total. The Morgan fingerprint density at radius 3 is 2.13 bits per heavy atom. The number of rotatable bonds is 3. The molecule has 6 aromatic carbocycles. The summed E-state index contributed by atoms with van der Waals surface area (Å²) in [5, 5.41) is 5.69. The fraction of sp³-hybridized carbons (Fsp3) is 0. The van der Waals surface area contributed by atoms with E-state index in [0.717, 1.165) is 61.3 Å². The van der Waals surface area contributed by atoms with Gasteiger partial charge in [-0.15, -0.1) is 0 Å². The van der Waals surface area contributed by atoms with E-state index in [0.29, 0.717) is 11.5 Å². The Hall–Kier alpha value is -6.33. The number of hydrogen-bond acceptors (Lipinski definition) is 5. The molecule has 1 aliphatic rings. The molecule has 46 heavy (non-hydrogen) atoms. The van der Waals surface area contributed by atoms with Crippen LogP contribution in [0, 0.1) is 0 Å². The van der Waals surface area contributed by atoms with Gasteiger partial charge in [0.1, 0.15) is 16.8 Å². The summed E-state index contributed by atoms with van der Waals surface area (Å²) in [5.41, 5.74) is 10.4. The molecule has 0 radical (unpaired) electrons. The van der Waals surface area contributed by atoms with Crippen LogP contribution in [0.4, 0.5) is 17.3 Å². The molecule has 0 saturated carbocycles. The molecule has 0 amide bonds. The molecular formula is C41H24N4O. The topological polar surface area (TPSA) is 55.1 Å². The molecule has 0 aliphatic carbocycles. The Morgan fingerprint density at radius 2 is 1.28 bits per heavy atom. The predicted molar refractivity (Wildman–Crippen MR) is 187 cm³/mol. The van der Waals surface area contributed by atoms with Gasteiger partial charge < -0.3 is 4.42 Å². The van der Waals surface area contributed by atoms with Crippen LogP contribution in [-0.4, -0.2) is 15.0 Å². The maximum Gasteiger partial charge on any atom is 0.236 e.